The molecule has 1 aromatic heterocycles. The Hall–Kier alpha value is -3.98. The first-order chi connectivity index (χ1) is 17.0. The van der Waals surface area contributed by atoms with Crippen molar-refractivity contribution in [2.75, 3.05) is 50.1 Å². The summed E-state index contributed by atoms with van der Waals surface area (Å²) in [6, 6.07) is 17.2. The van der Waals surface area contributed by atoms with Crippen LogP contribution >= 0.6 is 0 Å². The predicted molar refractivity (Wildman–Crippen MR) is 132 cm³/mol. The molecule has 9 heteroatoms. The lowest BCUT2D eigenvalue weighted by molar-refractivity contribution is -0.136. The minimum atomic E-state index is -0.757. The molecule has 2 N–H and O–H groups in total. The van der Waals surface area contributed by atoms with Gasteiger partial charge in [0.1, 0.15) is 11.6 Å². The largest absolute Gasteiger partial charge is 0.497 e. The second kappa shape index (κ2) is 11.4. The summed E-state index contributed by atoms with van der Waals surface area (Å²) in [6.07, 6.45) is 3.45. The SMILES string of the molecule is COc1cccc(NC(=O)C(=O)NCC(c2cccnc2)N2CCN(c3ccccc3F)CC2)c1. The van der Waals surface area contributed by atoms with E-state index in [4.69, 9.17) is 4.74 Å². The molecule has 1 aliphatic rings. The Labute approximate surface area is 203 Å². The number of carbonyl (C=O) groups excluding carboxylic acids is 2. The van der Waals surface area contributed by atoms with E-state index in [-0.39, 0.29) is 18.4 Å². The molecule has 1 aliphatic heterocycles. The number of rotatable bonds is 7. The quantitative estimate of drug-likeness (QED) is 0.509. The van der Waals surface area contributed by atoms with E-state index >= 15 is 0 Å². The van der Waals surface area contributed by atoms with E-state index in [1.54, 1.807) is 48.8 Å². The third-order valence-electron chi connectivity index (χ3n) is 6.01. The first kappa shape index (κ1) is 24.2. The van der Waals surface area contributed by atoms with Crippen LogP contribution in [0.2, 0.25) is 0 Å². The molecule has 1 atom stereocenters. The standard InChI is InChI=1S/C26H28FN5O3/c1-35-21-8-4-7-20(16-21)30-26(34)25(33)29-18-24(19-6-5-11-28-17-19)32-14-12-31(13-15-32)23-10-3-2-9-22(23)27/h2-11,16-17,24H,12-15,18H2,1H3,(H,29,33)(H,30,34). The molecule has 2 heterocycles. The zero-order valence-electron chi connectivity index (χ0n) is 19.5. The number of pyridine rings is 1. The number of anilines is 2. The maximum Gasteiger partial charge on any atom is 0.313 e. The van der Waals surface area contributed by atoms with Crippen LogP contribution in [0, 0.1) is 5.82 Å². The van der Waals surface area contributed by atoms with Gasteiger partial charge in [0.2, 0.25) is 0 Å². The first-order valence-electron chi connectivity index (χ1n) is 11.4. The summed E-state index contributed by atoms with van der Waals surface area (Å²) < 4.78 is 19.4. The highest BCUT2D eigenvalue weighted by molar-refractivity contribution is 6.39. The topological polar surface area (TPSA) is 86.8 Å². The molecule has 0 aliphatic carbocycles. The molecule has 0 radical (unpaired) electrons. The number of piperazine rings is 1. The number of para-hydroxylation sites is 1. The number of halogens is 1. The third-order valence-corrected chi connectivity index (χ3v) is 6.01. The highest BCUT2D eigenvalue weighted by Crippen LogP contribution is 2.25. The highest BCUT2D eigenvalue weighted by Gasteiger charge is 2.27. The summed E-state index contributed by atoms with van der Waals surface area (Å²) in [4.78, 5) is 33.4. The zero-order valence-corrected chi connectivity index (χ0v) is 19.5. The number of methoxy groups -OCH3 is 1. The van der Waals surface area contributed by atoms with E-state index < -0.39 is 11.8 Å². The molecule has 1 unspecified atom stereocenters. The molecule has 8 nitrogen and oxygen atoms in total. The third kappa shape index (κ3) is 6.13. The summed E-state index contributed by atoms with van der Waals surface area (Å²) in [5, 5.41) is 5.34. The average Bonchev–Trinajstić information content (AvgIpc) is 2.90. The van der Waals surface area contributed by atoms with Gasteiger partial charge >= 0.3 is 11.8 Å². The van der Waals surface area contributed by atoms with Crippen molar-refractivity contribution in [2.24, 2.45) is 0 Å². The van der Waals surface area contributed by atoms with Crippen molar-refractivity contribution in [3.8, 4) is 5.75 Å². The fraction of sp³-hybridized carbons (Fsp3) is 0.269. The smallest absolute Gasteiger partial charge is 0.313 e. The van der Waals surface area contributed by atoms with Gasteiger partial charge in [-0.3, -0.25) is 19.5 Å². The van der Waals surface area contributed by atoms with Crippen LogP contribution in [-0.4, -0.2) is 61.5 Å². The maximum atomic E-state index is 14.2. The van der Waals surface area contributed by atoms with Crippen LogP contribution in [-0.2, 0) is 9.59 Å². The van der Waals surface area contributed by atoms with Crippen LogP contribution in [0.3, 0.4) is 0 Å². The van der Waals surface area contributed by atoms with Gasteiger partial charge in [0.15, 0.2) is 0 Å². The Morgan fingerprint density at radius 2 is 1.83 bits per heavy atom. The first-order valence-corrected chi connectivity index (χ1v) is 11.4. The summed E-state index contributed by atoms with van der Waals surface area (Å²) >= 11 is 0. The van der Waals surface area contributed by atoms with Crippen molar-refractivity contribution in [3.05, 3.63) is 84.4 Å². The second-order valence-electron chi connectivity index (χ2n) is 8.17. The van der Waals surface area contributed by atoms with Crippen molar-refractivity contribution in [1.29, 1.82) is 0 Å². The van der Waals surface area contributed by atoms with Crippen molar-refractivity contribution >= 4 is 23.2 Å². The lowest BCUT2D eigenvalue weighted by Crippen LogP contribution is -2.50. The van der Waals surface area contributed by atoms with Crippen molar-refractivity contribution in [2.45, 2.75) is 6.04 Å². The van der Waals surface area contributed by atoms with Crippen LogP contribution in [0.25, 0.3) is 0 Å². The second-order valence-corrected chi connectivity index (χ2v) is 8.17. The molecule has 2 amide bonds. The van der Waals surface area contributed by atoms with Crippen molar-refractivity contribution in [3.63, 3.8) is 0 Å². The number of amides is 2. The predicted octanol–water partition coefficient (Wildman–Crippen LogP) is 2.85. The summed E-state index contributed by atoms with van der Waals surface area (Å²) in [6.45, 7) is 2.85. The number of hydrogen-bond acceptors (Lipinski definition) is 6. The van der Waals surface area contributed by atoms with Crippen LogP contribution in [0.5, 0.6) is 5.75 Å². The monoisotopic (exact) mass is 477 g/mol. The van der Waals surface area contributed by atoms with Crippen LogP contribution < -0.4 is 20.3 Å². The van der Waals surface area contributed by atoms with Gasteiger partial charge in [-0.2, -0.15) is 0 Å². The van der Waals surface area contributed by atoms with E-state index in [9.17, 15) is 14.0 Å². The number of ether oxygens (including phenoxy) is 1. The minimum Gasteiger partial charge on any atom is -0.497 e. The molecule has 182 valence electrons. The maximum absolute atomic E-state index is 14.2. The summed E-state index contributed by atoms with van der Waals surface area (Å²) in [5.41, 5.74) is 1.99. The zero-order chi connectivity index (χ0) is 24.6. The number of nitrogens with zero attached hydrogens (tertiary/aromatic N) is 3. The summed E-state index contributed by atoms with van der Waals surface area (Å²) in [7, 11) is 1.53. The lowest BCUT2D eigenvalue weighted by Gasteiger charge is -2.40. The fourth-order valence-electron chi connectivity index (χ4n) is 4.17. The summed E-state index contributed by atoms with van der Waals surface area (Å²) in [5.74, 6) is -1.15. The Morgan fingerprint density at radius 3 is 2.54 bits per heavy atom. The molecule has 1 fully saturated rings. The Kier molecular flexibility index (Phi) is 7.89. The minimum absolute atomic E-state index is 0.181. The van der Waals surface area contributed by atoms with Gasteiger partial charge in [0, 0.05) is 56.9 Å². The van der Waals surface area contributed by atoms with Gasteiger partial charge in [0.25, 0.3) is 0 Å². The van der Waals surface area contributed by atoms with E-state index in [1.165, 1.54) is 13.2 Å². The average molecular weight is 478 g/mol. The van der Waals surface area contributed by atoms with E-state index in [2.05, 4.69) is 20.5 Å². The Morgan fingerprint density at radius 1 is 1.03 bits per heavy atom. The van der Waals surface area contributed by atoms with Gasteiger partial charge in [-0.05, 0) is 35.9 Å². The van der Waals surface area contributed by atoms with E-state index in [0.717, 1.165) is 5.56 Å². The highest BCUT2D eigenvalue weighted by atomic mass is 19.1. The molecule has 3 aromatic rings. The number of benzene rings is 2. The van der Waals surface area contributed by atoms with Gasteiger partial charge in [-0.15, -0.1) is 0 Å². The van der Waals surface area contributed by atoms with E-state index in [0.29, 0.717) is 43.3 Å². The van der Waals surface area contributed by atoms with Gasteiger partial charge in [0.05, 0.1) is 18.8 Å². The molecule has 4 rings (SSSR count). The van der Waals surface area contributed by atoms with Crippen LogP contribution in [0.15, 0.2) is 73.1 Å². The molecular formula is C26H28FN5O3. The lowest BCUT2D eigenvalue weighted by atomic mass is 10.1. The van der Waals surface area contributed by atoms with Gasteiger partial charge < -0.3 is 20.3 Å². The van der Waals surface area contributed by atoms with Crippen LogP contribution in [0.1, 0.15) is 11.6 Å². The van der Waals surface area contributed by atoms with Gasteiger partial charge in [-0.1, -0.05) is 24.3 Å². The van der Waals surface area contributed by atoms with Crippen molar-refractivity contribution in [1.82, 2.24) is 15.2 Å². The number of nitrogens with one attached hydrogen (secondary N) is 2. The van der Waals surface area contributed by atoms with Gasteiger partial charge in [-0.25, -0.2) is 4.39 Å². The number of hydrogen-bond donors (Lipinski definition) is 2. The van der Waals surface area contributed by atoms with Crippen molar-refractivity contribution < 1.29 is 18.7 Å². The molecule has 0 saturated carbocycles. The van der Waals surface area contributed by atoms with Crippen LogP contribution in [0.4, 0.5) is 15.8 Å². The van der Waals surface area contributed by atoms with E-state index in [1.807, 2.05) is 23.1 Å². The molecular weight excluding hydrogens is 449 g/mol. The number of carbonyl (C=O) groups is 2. The normalized spacial score (nSPS) is 14.7. The Balaban J connectivity index is 1.39. The Bertz CT molecular complexity index is 1150. The molecule has 2 aromatic carbocycles. The number of aromatic nitrogens is 1. The fourth-order valence-corrected chi connectivity index (χ4v) is 4.17. The molecule has 35 heavy (non-hydrogen) atoms. The molecule has 0 bridgehead atoms. The molecule has 1 saturated heterocycles. The molecule has 0 spiro atoms.